The molecule has 33 heavy (non-hydrogen) atoms. The summed E-state index contributed by atoms with van der Waals surface area (Å²) in [6, 6.07) is 6.80. The van der Waals surface area contributed by atoms with Crippen molar-refractivity contribution >= 4 is 28.8 Å². The molecular weight excluding hydrogens is 416 g/mol. The zero-order chi connectivity index (χ0) is 22.2. The van der Waals surface area contributed by atoms with Gasteiger partial charge < -0.3 is 23.9 Å². The number of oxazole rings is 1. The van der Waals surface area contributed by atoms with Crippen molar-refractivity contribution in [3.05, 3.63) is 48.1 Å². The summed E-state index contributed by atoms with van der Waals surface area (Å²) >= 11 is 0. The van der Waals surface area contributed by atoms with E-state index in [9.17, 15) is 0 Å². The fourth-order valence-corrected chi connectivity index (χ4v) is 5.09. The van der Waals surface area contributed by atoms with E-state index in [1.807, 2.05) is 25.4 Å². The van der Waals surface area contributed by atoms with Crippen LogP contribution in [-0.4, -0.2) is 41.1 Å². The smallest absolute Gasteiger partial charge is 0.299 e. The lowest BCUT2D eigenvalue weighted by molar-refractivity contribution is 0.173. The Morgan fingerprint density at radius 1 is 0.939 bits per heavy atom. The molecule has 0 radical (unpaired) electrons. The predicted octanol–water partition coefficient (Wildman–Crippen LogP) is 4.91. The van der Waals surface area contributed by atoms with E-state index in [1.165, 1.54) is 38.5 Å². The second-order valence-electron chi connectivity index (χ2n) is 9.10. The maximum absolute atomic E-state index is 6.24. The second kappa shape index (κ2) is 8.57. The molecule has 0 N–H and O–H groups in total. The number of rotatable bonds is 4. The molecule has 2 saturated heterocycles. The minimum Gasteiger partial charge on any atom is -0.472 e. The van der Waals surface area contributed by atoms with Crippen LogP contribution in [0.25, 0.3) is 11.2 Å². The predicted molar refractivity (Wildman–Crippen MR) is 128 cm³/mol. The van der Waals surface area contributed by atoms with Gasteiger partial charge in [0, 0.05) is 55.9 Å². The Kier molecular flexibility index (Phi) is 5.28. The van der Waals surface area contributed by atoms with Gasteiger partial charge in [-0.05, 0) is 57.6 Å². The molecule has 3 aromatic heterocycles. The van der Waals surface area contributed by atoms with E-state index in [0.717, 1.165) is 48.9 Å². The van der Waals surface area contributed by atoms with E-state index < -0.39 is 0 Å². The lowest BCUT2D eigenvalue weighted by Crippen LogP contribution is -2.32. The van der Waals surface area contributed by atoms with E-state index in [0.29, 0.717) is 17.2 Å². The number of anilines is 3. The van der Waals surface area contributed by atoms with Gasteiger partial charge in [-0.25, -0.2) is 4.98 Å². The first-order valence-corrected chi connectivity index (χ1v) is 12.1. The number of fused-ring (bicyclic) bond motifs is 1. The standard InChI is InChI=1S/C25H30N6O2/c1-18-19(9-8-10-26-18)24-31(15-16-32-24)20-17-21-22(27-23(20)29-11-4-2-5-12-29)28-25(33-21)30-13-6-3-7-14-30/h8-10,15-17,24H,2-7,11-14H2,1H3. The fourth-order valence-electron chi connectivity index (χ4n) is 5.09. The Morgan fingerprint density at radius 3 is 2.45 bits per heavy atom. The van der Waals surface area contributed by atoms with Gasteiger partial charge in [-0.15, -0.1) is 0 Å². The van der Waals surface area contributed by atoms with Gasteiger partial charge in [-0.3, -0.25) is 4.98 Å². The number of hydrogen-bond acceptors (Lipinski definition) is 8. The van der Waals surface area contributed by atoms with Crippen molar-refractivity contribution < 1.29 is 9.15 Å². The molecule has 0 bridgehead atoms. The SMILES string of the molecule is Cc1ncccc1C1OC=CN1c1cc2oc(N3CCCCC3)nc2nc1N1CCCCC1. The summed E-state index contributed by atoms with van der Waals surface area (Å²) in [5.41, 5.74) is 4.37. The molecule has 172 valence electrons. The van der Waals surface area contributed by atoms with Crippen molar-refractivity contribution in [1.82, 2.24) is 15.0 Å². The Morgan fingerprint density at radius 2 is 1.70 bits per heavy atom. The van der Waals surface area contributed by atoms with Gasteiger partial charge in [0.25, 0.3) is 6.01 Å². The van der Waals surface area contributed by atoms with Crippen LogP contribution >= 0.6 is 0 Å². The van der Waals surface area contributed by atoms with Crippen molar-refractivity contribution in [3.63, 3.8) is 0 Å². The molecule has 3 aromatic rings. The average molecular weight is 447 g/mol. The van der Waals surface area contributed by atoms with E-state index >= 15 is 0 Å². The molecule has 3 aliphatic heterocycles. The van der Waals surface area contributed by atoms with Crippen molar-refractivity contribution in [2.24, 2.45) is 0 Å². The maximum Gasteiger partial charge on any atom is 0.299 e. The van der Waals surface area contributed by atoms with Gasteiger partial charge in [0.05, 0.1) is 5.69 Å². The van der Waals surface area contributed by atoms with Crippen LogP contribution in [0.15, 0.2) is 41.3 Å². The zero-order valence-corrected chi connectivity index (χ0v) is 19.1. The third kappa shape index (κ3) is 3.77. The molecule has 3 aliphatic rings. The van der Waals surface area contributed by atoms with Gasteiger partial charge in [0.15, 0.2) is 11.4 Å². The lowest BCUT2D eigenvalue weighted by atomic mass is 10.1. The number of nitrogens with zero attached hydrogens (tertiary/aromatic N) is 6. The van der Waals surface area contributed by atoms with Crippen LogP contribution in [0.3, 0.4) is 0 Å². The second-order valence-corrected chi connectivity index (χ2v) is 9.10. The highest BCUT2D eigenvalue weighted by atomic mass is 16.5. The van der Waals surface area contributed by atoms with Crippen LogP contribution < -0.4 is 14.7 Å². The van der Waals surface area contributed by atoms with Crippen molar-refractivity contribution in [2.45, 2.75) is 51.7 Å². The lowest BCUT2D eigenvalue weighted by Gasteiger charge is -2.33. The number of hydrogen-bond donors (Lipinski definition) is 0. The Bertz CT molecular complexity index is 1160. The Labute approximate surface area is 193 Å². The van der Waals surface area contributed by atoms with Crippen LogP contribution in [0.1, 0.15) is 56.0 Å². The van der Waals surface area contributed by atoms with E-state index in [4.69, 9.17) is 19.1 Å². The highest BCUT2D eigenvalue weighted by molar-refractivity contribution is 5.83. The van der Waals surface area contributed by atoms with Crippen LogP contribution in [0.5, 0.6) is 0 Å². The van der Waals surface area contributed by atoms with Crippen LogP contribution in [0.2, 0.25) is 0 Å². The topological polar surface area (TPSA) is 70.8 Å². The summed E-state index contributed by atoms with van der Waals surface area (Å²) in [4.78, 5) is 21.1. The summed E-state index contributed by atoms with van der Waals surface area (Å²) in [7, 11) is 0. The van der Waals surface area contributed by atoms with E-state index in [-0.39, 0.29) is 6.23 Å². The summed E-state index contributed by atoms with van der Waals surface area (Å²) in [6.45, 7) is 5.99. The molecule has 0 spiro atoms. The molecular formula is C25H30N6O2. The monoisotopic (exact) mass is 446 g/mol. The zero-order valence-electron chi connectivity index (χ0n) is 19.1. The quantitative estimate of drug-likeness (QED) is 0.560. The highest BCUT2D eigenvalue weighted by Gasteiger charge is 2.31. The third-order valence-electron chi connectivity index (χ3n) is 6.89. The molecule has 0 aliphatic carbocycles. The molecule has 6 heterocycles. The summed E-state index contributed by atoms with van der Waals surface area (Å²) in [5, 5.41) is 0. The van der Waals surface area contributed by atoms with Gasteiger partial charge in [-0.1, -0.05) is 0 Å². The largest absolute Gasteiger partial charge is 0.472 e. The molecule has 0 saturated carbocycles. The molecule has 1 atom stereocenters. The van der Waals surface area contributed by atoms with Gasteiger partial charge in [0.2, 0.25) is 11.9 Å². The summed E-state index contributed by atoms with van der Waals surface area (Å²) in [5.74, 6) is 0.947. The van der Waals surface area contributed by atoms with E-state index in [1.54, 1.807) is 6.26 Å². The first-order valence-electron chi connectivity index (χ1n) is 12.1. The Hall–Kier alpha value is -3.29. The number of aryl methyl sites for hydroxylation is 1. The molecule has 0 amide bonds. The summed E-state index contributed by atoms with van der Waals surface area (Å²) < 4.78 is 12.3. The van der Waals surface area contributed by atoms with Gasteiger partial charge >= 0.3 is 0 Å². The molecule has 8 nitrogen and oxygen atoms in total. The van der Waals surface area contributed by atoms with Gasteiger partial charge in [-0.2, -0.15) is 4.98 Å². The van der Waals surface area contributed by atoms with Crippen molar-refractivity contribution in [3.8, 4) is 0 Å². The number of pyridine rings is 2. The van der Waals surface area contributed by atoms with Crippen molar-refractivity contribution in [2.75, 3.05) is 40.9 Å². The number of ether oxygens (including phenoxy) is 1. The summed E-state index contributed by atoms with van der Waals surface area (Å²) in [6.07, 6.45) is 12.5. The molecule has 8 heteroatoms. The minimum absolute atomic E-state index is 0.286. The van der Waals surface area contributed by atoms with E-state index in [2.05, 4.69) is 31.8 Å². The maximum atomic E-state index is 6.24. The molecule has 1 unspecified atom stereocenters. The van der Waals surface area contributed by atoms with Crippen LogP contribution in [0, 0.1) is 6.92 Å². The molecule has 6 rings (SSSR count). The third-order valence-corrected chi connectivity index (χ3v) is 6.89. The first-order chi connectivity index (χ1) is 16.3. The fraction of sp³-hybridized carbons (Fsp3) is 0.480. The minimum atomic E-state index is -0.286. The molecule has 0 aromatic carbocycles. The number of aromatic nitrogens is 3. The van der Waals surface area contributed by atoms with Gasteiger partial charge in [0.1, 0.15) is 6.26 Å². The average Bonchev–Trinajstić information content (AvgIpc) is 3.51. The Balaban J connectivity index is 1.44. The first kappa shape index (κ1) is 20.3. The number of piperidine rings is 2. The highest BCUT2D eigenvalue weighted by Crippen LogP contribution is 2.41. The van der Waals surface area contributed by atoms with Crippen LogP contribution in [0.4, 0.5) is 17.5 Å². The van der Waals surface area contributed by atoms with Crippen molar-refractivity contribution in [1.29, 1.82) is 0 Å². The van der Waals surface area contributed by atoms with Crippen LogP contribution in [-0.2, 0) is 4.74 Å². The normalized spacial score (nSPS) is 21.1. The molecule has 2 fully saturated rings.